The number of carbonyl (C=O) groups excluding carboxylic acids is 2. The van der Waals surface area contributed by atoms with Gasteiger partial charge in [-0.3, -0.25) is 4.79 Å². The van der Waals surface area contributed by atoms with Gasteiger partial charge < -0.3 is 5.32 Å². The minimum Gasteiger partial charge on any atom is -0.337 e. The van der Waals surface area contributed by atoms with Crippen LogP contribution in [0.25, 0.3) is 0 Å². The van der Waals surface area contributed by atoms with Gasteiger partial charge in [-0.15, -0.1) is 0 Å². The Hall–Kier alpha value is -1.84. The van der Waals surface area contributed by atoms with Gasteiger partial charge in [0.1, 0.15) is 0 Å². The van der Waals surface area contributed by atoms with E-state index in [9.17, 15) is 9.59 Å². The second-order valence-electron chi connectivity index (χ2n) is 3.42. The van der Waals surface area contributed by atoms with E-state index < -0.39 is 0 Å². The predicted molar refractivity (Wildman–Crippen MR) is 63.3 cm³/mol. The van der Waals surface area contributed by atoms with Crippen molar-refractivity contribution in [3.05, 3.63) is 30.3 Å². The van der Waals surface area contributed by atoms with Gasteiger partial charge in [-0.05, 0) is 18.6 Å². The third kappa shape index (κ3) is 3.08. The summed E-state index contributed by atoms with van der Waals surface area (Å²) in [6, 6.07) is 8.50. The Morgan fingerprint density at radius 3 is 2.38 bits per heavy atom. The van der Waals surface area contributed by atoms with Crippen LogP contribution in [0.1, 0.15) is 20.3 Å². The van der Waals surface area contributed by atoms with Crippen molar-refractivity contribution in [3.8, 4) is 0 Å². The fourth-order valence-electron chi connectivity index (χ4n) is 1.33. The number of para-hydroxylation sites is 1. The number of carbonyl (C=O) groups is 2. The topological polar surface area (TPSA) is 49.4 Å². The molecule has 3 amide bonds. The van der Waals surface area contributed by atoms with Gasteiger partial charge in [0.05, 0.1) is 5.69 Å². The van der Waals surface area contributed by atoms with Gasteiger partial charge in [0.15, 0.2) is 0 Å². The quantitative estimate of drug-likeness (QED) is 0.848. The molecule has 0 saturated heterocycles. The van der Waals surface area contributed by atoms with Gasteiger partial charge in [-0.1, -0.05) is 25.1 Å². The third-order valence-corrected chi connectivity index (χ3v) is 2.06. The number of benzene rings is 1. The molecule has 0 atom stereocenters. The van der Waals surface area contributed by atoms with Crippen LogP contribution in [-0.4, -0.2) is 18.5 Å². The van der Waals surface area contributed by atoms with Crippen LogP contribution in [0.15, 0.2) is 30.3 Å². The molecule has 1 aromatic carbocycles. The Morgan fingerprint density at radius 1 is 1.25 bits per heavy atom. The Labute approximate surface area is 95.3 Å². The molecule has 0 aliphatic carbocycles. The van der Waals surface area contributed by atoms with Crippen LogP contribution in [0.4, 0.5) is 10.5 Å². The second kappa shape index (κ2) is 5.90. The van der Waals surface area contributed by atoms with Crippen LogP contribution in [0.3, 0.4) is 0 Å². The minimum atomic E-state index is -0.374. The number of nitrogens with one attached hydrogen (secondary N) is 1. The van der Waals surface area contributed by atoms with Crippen molar-refractivity contribution in [3.63, 3.8) is 0 Å². The smallest absolute Gasteiger partial charge is 0.328 e. The van der Waals surface area contributed by atoms with E-state index in [1.54, 1.807) is 24.3 Å². The molecule has 0 unspecified atom stereocenters. The average Bonchev–Trinajstić information content (AvgIpc) is 2.27. The molecule has 0 heterocycles. The van der Waals surface area contributed by atoms with E-state index in [0.29, 0.717) is 12.2 Å². The van der Waals surface area contributed by atoms with Gasteiger partial charge in [0.25, 0.3) is 0 Å². The number of urea groups is 1. The fraction of sp³-hybridized carbons (Fsp3) is 0.333. The van der Waals surface area contributed by atoms with Crippen LogP contribution in [0, 0.1) is 0 Å². The Bertz CT molecular complexity index is 363. The fourth-order valence-corrected chi connectivity index (χ4v) is 1.33. The zero-order chi connectivity index (χ0) is 12.0. The van der Waals surface area contributed by atoms with E-state index >= 15 is 0 Å². The molecule has 1 N–H and O–H groups in total. The lowest BCUT2D eigenvalue weighted by atomic mass is 10.3. The van der Waals surface area contributed by atoms with Crippen LogP contribution >= 0.6 is 0 Å². The van der Waals surface area contributed by atoms with E-state index in [4.69, 9.17) is 0 Å². The van der Waals surface area contributed by atoms with Crippen molar-refractivity contribution in [2.75, 3.05) is 11.4 Å². The van der Waals surface area contributed by atoms with Crippen molar-refractivity contribution in [2.45, 2.75) is 20.3 Å². The lowest BCUT2D eigenvalue weighted by molar-refractivity contribution is -0.115. The van der Waals surface area contributed by atoms with Crippen LogP contribution in [0.5, 0.6) is 0 Å². The summed E-state index contributed by atoms with van der Waals surface area (Å²) in [5.41, 5.74) is 0.587. The van der Waals surface area contributed by atoms with Gasteiger partial charge in [-0.2, -0.15) is 0 Å². The Kier molecular flexibility index (Phi) is 4.51. The largest absolute Gasteiger partial charge is 0.337 e. The molecule has 0 saturated carbocycles. The van der Waals surface area contributed by atoms with Crippen LogP contribution < -0.4 is 10.2 Å². The molecule has 0 fully saturated rings. The molecule has 0 radical (unpaired) electrons. The van der Waals surface area contributed by atoms with E-state index in [2.05, 4.69) is 5.32 Å². The summed E-state index contributed by atoms with van der Waals surface area (Å²) in [4.78, 5) is 24.3. The highest BCUT2D eigenvalue weighted by molar-refractivity contribution is 6.13. The van der Waals surface area contributed by atoms with Gasteiger partial charge >= 0.3 is 6.03 Å². The number of amides is 3. The molecule has 0 bridgehead atoms. The molecular formula is C12H16N2O2. The van der Waals surface area contributed by atoms with Crippen molar-refractivity contribution in [2.24, 2.45) is 0 Å². The number of anilines is 1. The zero-order valence-corrected chi connectivity index (χ0v) is 9.56. The molecule has 86 valence electrons. The maximum absolute atomic E-state index is 11.7. The van der Waals surface area contributed by atoms with Crippen molar-refractivity contribution in [1.82, 2.24) is 5.32 Å². The predicted octanol–water partition coefficient (Wildman–Crippen LogP) is 2.16. The number of imide groups is 1. The standard InChI is InChI=1S/C12H16N2O2/c1-3-9-13-12(16)14(10(2)15)11-7-5-4-6-8-11/h4-8H,3,9H2,1-2H3,(H,13,16). The highest BCUT2D eigenvalue weighted by Gasteiger charge is 2.18. The molecule has 0 spiro atoms. The van der Waals surface area contributed by atoms with E-state index in [0.717, 1.165) is 11.3 Å². The summed E-state index contributed by atoms with van der Waals surface area (Å²) in [6.07, 6.45) is 0.840. The molecular weight excluding hydrogens is 204 g/mol. The normalized spacial score (nSPS) is 9.62. The summed E-state index contributed by atoms with van der Waals surface area (Å²) < 4.78 is 0. The van der Waals surface area contributed by atoms with E-state index in [1.807, 2.05) is 13.0 Å². The second-order valence-corrected chi connectivity index (χ2v) is 3.42. The summed E-state index contributed by atoms with van der Waals surface area (Å²) in [7, 11) is 0. The van der Waals surface area contributed by atoms with Gasteiger partial charge in [-0.25, -0.2) is 9.69 Å². The summed E-state index contributed by atoms with van der Waals surface area (Å²) in [6.45, 7) is 3.90. The maximum Gasteiger partial charge on any atom is 0.328 e. The highest BCUT2D eigenvalue weighted by atomic mass is 16.2. The molecule has 4 heteroatoms. The van der Waals surface area contributed by atoms with Crippen molar-refractivity contribution < 1.29 is 9.59 Å². The number of hydrogen-bond donors (Lipinski definition) is 1. The van der Waals surface area contributed by atoms with Crippen LogP contribution in [0.2, 0.25) is 0 Å². The first kappa shape index (κ1) is 12.2. The lowest BCUT2D eigenvalue weighted by Gasteiger charge is -2.19. The van der Waals surface area contributed by atoms with Crippen molar-refractivity contribution in [1.29, 1.82) is 0 Å². The first-order chi connectivity index (χ1) is 7.66. The summed E-state index contributed by atoms with van der Waals surface area (Å²) >= 11 is 0. The van der Waals surface area contributed by atoms with E-state index in [1.165, 1.54) is 6.92 Å². The SMILES string of the molecule is CCCNC(=O)N(C(C)=O)c1ccccc1. The highest BCUT2D eigenvalue weighted by Crippen LogP contribution is 2.13. The monoisotopic (exact) mass is 220 g/mol. The number of nitrogens with zero attached hydrogens (tertiary/aromatic N) is 1. The zero-order valence-electron chi connectivity index (χ0n) is 9.56. The molecule has 0 aliphatic heterocycles. The molecule has 0 aromatic heterocycles. The average molecular weight is 220 g/mol. The van der Waals surface area contributed by atoms with Crippen LogP contribution in [-0.2, 0) is 4.79 Å². The molecule has 0 aliphatic rings. The molecule has 1 rings (SSSR count). The lowest BCUT2D eigenvalue weighted by Crippen LogP contribution is -2.43. The van der Waals surface area contributed by atoms with E-state index in [-0.39, 0.29) is 11.9 Å². The number of rotatable bonds is 3. The third-order valence-electron chi connectivity index (χ3n) is 2.06. The summed E-state index contributed by atoms with van der Waals surface area (Å²) in [5, 5.41) is 2.68. The Morgan fingerprint density at radius 2 is 1.88 bits per heavy atom. The molecule has 16 heavy (non-hydrogen) atoms. The first-order valence-corrected chi connectivity index (χ1v) is 5.30. The summed E-state index contributed by atoms with van der Waals surface area (Å²) in [5.74, 6) is -0.292. The Balaban J connectivity index is 2.84. The molecule has 1 aromatic rings. The van der Waals surface area contributed by atoms with Gasteiger partial charge in [0.2, 0.25) is 5.91 Å². The minimum absolute atomic E-state index is 0.292. The van der Waals surface area contributed by atoms with Crippen molar-refractivity contribution >= 4 is 17.6 Å². The first-order valence-electron chi connectivity index (χ1n) is 5.30. The van der Waals surface area contributed by atoms with Gasteiger partial charge in [0, 0.05) is 13.5 Å². The maximum atomic E-state index is 11.7. The molecule has 4 nitrogen and oxygen atoms in total. The number of hydrogen-bond acceptors (Lipinski definition) is 2.